The quantitative estimate of drug-likeness (QED) is 0.650. The molecular weight excluding hydrogens is 282 g/mol. The van der Waals surface area contributed by atoms with Gasteiger partial charge in [-0.1, -0.05) is 12.1 Å². The molecule has 0 saturated heterocycles. The Kier molecular flexibility index (Phi) is 4.65. The molecule has 0 saturated carbocycles. The molecule has 0 fully saturated rings. The Morgan fingerprint density at radius 1 is 1.19 bits per heavy atom. The lowest BCUT2D eigenvalue weighted by atomic mass is 10.2. The van der Waals surface area contributed by atoms with Gasteiger partial charge in [-0.2, -0.15) is 8.78 Å². The molecule has 0 spiro atoms. The Bertz CT molecular complexity index is 618. The van der Waals surface area contributed by atoms with Crippen LogP contribution < -0.4 is 10.1 Å². The molecule has 0 unspecified atom stereocenters. The molecule has 0 heterocycles. The molecule has 0 amide bonds. The zero-order valence-corrected chi connectivity index (χ0v) is 10.8. The first kappa shape index (κ1) is 14.7. The van der Waals surface area contributed by atoms with E-state index in [1.54, 1.807) is 24.3 Å². The highest BCUT2D eigenvalue weighted by molar-refractivity contribution is 5.47. The number of benzene rings is 2. The van der Waals surface area contributed by atoms with Crippen LogP contribution in [0.25, 0.3) is 0 Å². The minimum Gasteiger partial charge on any atom is -0.435 e. The molecule has 7 heteroatoms. The number of nitrogens with zero attached hydrogens (tertiary/aromatic N) is 1. The zero-order chi connectivity index (χ0) is 15.2. The Labute approximate surface area is 119 Å². The van der Waals surface area contributed by atoms with Crippen molar-refractivity contribution in [1.82, 2.24) is 0 Å². The lowest BCUT2D eigenvalue weighted by Crippen LogP contribution is -2.02. The summed E-state index contributed by atoms with van der Waals surface area (Å²) in [7, 11) is 0. The van der Waals surface area contributed by atoms with E-state index in [-0.39, 0.29) is 11.4 Å². The van der Waals surface area contributed by atoms with E-state index in [0.717, 1.165) is 5.56 Å². The Hall–Kier alpha value is -2.70. The Morgan fingerprint density at radius 2 is 1.90 bits per heavy atom. The lowest BCUT2D eigenvalue weighted by molar-refractivity contribution is -0.384. The van der Waals surface area contributed by atoms with Gasteiger partial charge in [-0.25, -0.2) is 0 Å². The van der Waals surface area contributed by atoms with Crippen LogP contribution in [0.15, 0.2) is 48.5 Å². The van der Waals surface area contributed by atoms with Gasteiger partial charge in [0.1, 0.15) is 5.75 Å². The summed E-state index contributed by atoms with van der Waals surface area (Å²) < 4.78 is 28.2. The number of nitrogens with one attached hydrogen (secondary N) is 1. The van der Waals surface area contributed by atoms with Gasteiger partial charge >= 0.3 is 6.61 Å². The first-order chi connectivity index (χ1) is 10.0. The number of anilines is 1. The van der Waals surface area contributed by atoms with E-state index in [1.165, 1.54) is 24.3 Å². The van der Waals surface area contributed by atoms with Crippen LogP contribution in [-0.4, -0.2) is 11.5 Å². The van der Waals surface area contributed by atoms with Gasteiger partial charge in [0.25, 0.3) is 5.69 Å². The first-order valence-electron chi connectivity index (χ1n) is 6.06. The van der Waals surface area contributed by atoms with Gasteiger partial charge in [-0.3, -0.25) is 10.1 Å². The fraction of sp³-hybridized carbons (Fsp3) is 0.143. The summed E-state index contributed by atoms with van der Waals surface area (Å²) in [5.74, 6) is 0.0749. The predicted octanol–water partition coefficient (Wildman–Crippen LogP) is 3.81. The smallest absolute Gasteiger partial charge is 0.387 e. The third-order valence-electron chi connectivity index (χ3n) is 2.70. The second kappa shape index (κ2) is 6.65. The standard InChI is InChI=1S/C14H12F2N2O3/c15-14(16)21-13-6-4-11(5-7-13)17-9-10-2-1-3-12(8-10)18(19)20/h1-8,14,17H,9H2. The van der Waals surface area contributed by atoms with Crippen molar-refractivity contribution in [3.8, 4) is 5.75 Å². The summed E-state index contributed by atoms with van der Waals surface area (Å²) in [6, 6.07) is 12.3. The second-order valence-electron chi connectivity index (χ2n) is 4.18. The van der Waals surface area contributed by atoms with Crippen LogP contribution in [0.3, 0.4) is 0 Å². The van der Waals surface area contributed by atoms with Gasteiger partial charge < -0.3 is 10.1 Å². The zero-order valence-electron chi connectivity index (χ0n) is 10.8. The van der Waals surface area contributed by atoms with E-state index in [4.69, 9.17) is 0 Å². The van der Waals surface area contributed by atoms with Crippen LogP contribution in [0.2, 0.25) is 0 Å². The van der Waals surface area contributed by atoms with Crippen molar-refractivity contribution in [3.63, 3.8) is 0 Å². The van der Waals surface area contributed by atoms with Gasteiger partial charge in [0.15, 0.2) is 0 Å². The van der Waals surface area contributed by atoms with E-state index < -0.39 is 11.5 Å². The lowest BCUT2D eigenvalue weighted by Gasteiger charge is -2.08. The monoisotopic (exact) mass is 294 g/mol. The summed E-state index contributed by atoms with van der Waals surface area (Å²) in [4.78, 5) is 10.2. The summed E-state index contributed by atoms with van der Waals surface area (Å²) in [6.07, 6.45) is 0. The first-order valence-corrected chi connectivity index (χ1v) is 6.06. The number of nitro benzene ring substituents is 1. The van der Waals surface area contributed by atoms with Gasteiger partial charge in [-0.05, 0) is 29.8 Å². The molecule has 2 rings (SSSR count). The van der Waals surface area contributed by atoms with E-state index in [0.29, 0.717) is 12.2 Å². The minimum atomic E-state index is -2.85. The van der Waals surface area contributed by atoms with Crippen LogP contribution >= 0.6 is 0 Å². The second-order valence-corrected chi connectivity index (χ2v) is 4.18. The molecule has 2 aromatic carbocycles. The molecule has 0 aliphatic heterocycles. The third kappa shape index (κ3) is 4.41. The van der Waals surface area contributed by atoms with Crippen molar-refractivity contribution in [2.45, 2.75) is 13.2 Å². The highest BCUT2D eigenvalue weighted by atomic mass is 19.3. The summed E-state index contributed by atoms with van der Waals surface area (Å²) >= 11 is 0. The topological polar surface area (TPSA) is 64.4 Å². The number of nitro groups is 1. The maximum atomic E-state index is 12.0. The van der Waals surface area contributed by atoms with Crippen LogP contribution in [-0.2, 0) is 6.54 Å². The van der Waals surface area contributed by atoms with Crippen molar-refractivity contribution in [2.24, 2.45) is 0 Å². The van der Waals surface area contributed by atoms with E-state index in [2.05, 4.69) is 10.1 Å². The summed E-state index contributed by atoms with van der Waals surface area (Å²) in [5, 5.41) is 13.7. The maximum absolute atomic E-state index is 12.0. The molecule has 110 valence electrons. The van der Waals surface area contributed by atoms with Gasteiger partial charge in [0.2, 0.25) is 0 Å². The number of alkyl halides is 2. The van der Waals surface area contributed by atoms with Crippen molar-refractivity contribution in [3.05, 3.63) is 64.2 Å². The summed E-state index contributed by atoms with van der Waals surface area (Å²) in [6.45, 7) is -2.47. The van der Waals surface area contributed by atoms with Crippen LogP contribution in [0.1, 0.15) is 5.56 Å². The summed E-state index contributed by atoms with van der Waals surface area (Å²) in [5.41, 5.74) is 1.47. The molecule has 0 aromatic heterocycles. The molecule has 5 nitrogen and oxygen atoms in total. The van der Waals surface area contributed by atoms with Crippen molar-refractivity contribution in [2.75, 3.05) is 5.32 Å². The number of hydrogen-bond acceptors (Lipinski definition) is 4. The Morgan fingerprint density at radius 3 is 2.52 bits per heavy atom. The molecule has 2 aromatic rings. The fourth-order valence-electron chi connectivity index (χ4n) is 1.74. The van der Waals surface area contributed by atoms with Gasteiger partial charge in [0, 0.05) is 24.4 Å². The van der Waals surface area contributed by atoms with Crippen LogP contribution in [0.4, 0.5) is 20.2 Å². The normalized spacial score (nSPS) is 10.4. The maximum Gasteiger partial charge on any atom is 0.387 e. The molecule has 0 aliphatic carbocycles. The van der Waals surface area contributed by atoms with Crippen LogP contribution in [0, 0.1) is 10.1 Å². The highest BCUT2D eigenvalue weighted by Crippen LogP contribution is 2.19. The number of halogens is 2. The number of ether oxygens (including phenoxy) is 1. The van der Waals surface area contributed by atoms with E-state index in [9.17, 15) is 18.9 Å². The highest BCUT2D eigenvalue weighted by Gasteiger charge is 2.06. The van der Waals surface area contributed by atoms with Gasteiger partial charge in [0.05, 0.1) is 4.92 Å². The molecule has 21 heavy (non-hydrogen) atoms. The molecular formula is C14H12F2N2O3. The molecule has 0 aliphatic rings. The van der Waals surface area contributed by atoms with Crippen molar-refractivity contribution < 1.29 is 18.4 Å². The van der Waals surface area contributed by atoms with Gasteiger partial charge in [-0.15, -0.1) is 0 Å². The molecule has 1 N–H and O–H groups in total. The Balaban J connectivity index is 1.96. The van der Waals surface area contributed by atoms with E-state index >= 15 is 0 Å². The average Bonchev–Trinajstić information content (AvgIpc) is 2.46. The number of rotatable bonds is 6. The fourth-order valence-corrected chi connectivity index (χ4v) is 1.74. The minimum absolute atomic E-state index is 0.0231. The largest absolute Gasteiger partial charge is 0.435 e. The predicted molar refractivity (Wildman–Crippen MR) is 73.5 cm³/mol. The average molecular weight is 294 g/mol. The molecule has 0 radical (unpaired) electrons. The van der Waals surface area contributed by atoms with Crippen molar-refractivity contribution >= 4 is 11.4 Å². The van der Waals surface area contributed by atoms with Crippen molar-refractivity contribution in [1.29, 1.82) is 0 Å². The van der Waals surface area contributed by atoms with Crippen LogP contribution in [0.5, 0.6) is 5.75 Å². The molecule has 0 atom stereocenters. The number of non-ortho nitro benzene ring substituents is 1. The number of hydrogen-bond donors (Lipinski definition) is 1. The third-order valence-corrected chi connectivity index (χ3v) is 2.70. The van der Waals surface area contributed by atoms with E-state index in [1.807, 2.05) is 0 Å². The SMILES string of the molecule is O=[N+]([O-])c1cccc(CNc2ccc(OC(F)F)cc2)c1. The molecule has 0 bridgehead atoms.